The highest BCUT2D eigenvalue weighted by Gasteiger charge is 2.22. The van der Waals surface area contributed by atoms with Gasteiger partial charge in [-0.05, 0) is 39.3 Å². The molecule has 1 aromatic carbocycles. The number of halogens is 1. The van der Waals surface area contributed by atoms with Crippen molar-refractivity contribution in [2.75, 3.05) is 11.9 Å². The van der Waals surface area contributed by atoms with E-state index >= 15 is 0 Å². The molecule has 0 aromatic heterocycles. The molecule has 0 bridgehead atoms. The Morgan fingerprint density at radius 2 is 2.00 bits per heavy atom. The van der Waals surface area contributed by atoms with Crippen molar-refractivity contribution in [3.63, 3.8) is 0 Å². The zero-order chi connectivity index (χ0) is 14.5. The highest BCUT2D eigenvalue weighted by atomic mass is 19.1. The van der Waals surface area contributed by atoms with Gasteiger partial charge in [0.2, 0.25) is 0 Å². The molecular formula is C15H23FN2O. The molecule has 0 fully saturated rings. The van der Waals surface area contributed by atoms with Gasteiger partial charge < -0.3 is 10.6 Å². The third-order valence-electron chi connectivity index (χ3n) is 2.94. The van der Waals surface area contributed by atoms with E-state index in [1.165, 1.54) is 6.07 Å². The Bertz CT molecular complexity index is 444. The number of carbonyl (C=O) groups is 1. The van der Waals surface area contributed by atoms with Gasteiger partial charge >= 0.3 is 0 Å². The van der Waals surface area contributed by atoms with Crippen molar-refractivity contribution in [3.05, 3.63) is 29.6 Å². The molecular weight excluding hydrogens is 243 g/mol. The molecule has 2 N–H and O–H groups in total. The van der Waals surface area contributed by atoms with Gasteiger partial charge in [0.1, 0.15) is 5.82 Å². The summed E-state index contributed by atoms with van der Waals surface area (Å²) < 4.78 is 13.7. The van der Waals surface area contributed by atoms with Crippen LogP contribution in [0.5, 0.6) is 0 Å². The van der Waals surface area contributed by atoms with Crippen LogP contribution in [0.15, 0.2) is 18.2 Å². The molecule has 0 aliphatic heterocycles. The number of benzene rings is 1. The number of nitrogens with one attached hydrogen (secondary N) is 2. The molecule has 0 saturated heterocycles. The zero-order valence-corrected chi connectivity index (χ0v) is 12.1. The van der Waals surface area contributed by atoms with Gasteiger partial charge in [0, 0.05) is 12.1 Å². The second-order valence-corrected chi connectivity index (χ2v) is 5.28. The summed E-state index contributed by atoms with van der Waals surface area (Å²) in [6.07, 6.45) is 1.86. The molecule has 0 radical (unpaired) electrons. The van der Waals surface area contributed by atoms with Crippen LogP contribution in [0.2, 0.25) is 0 Å². The standard InChI is InChI=1S/C15H23FN2O/c1-5-10-15(3,4)18-14(19)11-8-7-9-12(16)13(11)17-6-2/h7-9,17H,5-6,10H2,1-4H3,(H,18,19). The molecule has 1 aromatic rings. The molecule has 0 unspecified atom stereocenters. The number of rotatable bonds is 6. The highest BCUT2D eigenvalue weighted by molar-refractivity contribution is 6.00. The molecule has 3 nitrogen and oxygen atoms in total. The molecule has 4 heteroatoms. The summed E-state index contributed by atoms with van der Waals surface area (Å²) in [7, 11) is 0. The second kappa shape index (κ2) is 6.55. The van der Waals surface area contributed by atoms with Crippen molar-refractivity contribution in [3.8, 4) is 0 Å². The number of anilines is 1. The van der Waals surface area contributed by atoms with Crippen molar-refractivity contribution in [2.45, 2.75) is 46.1 Å². The predicted molar refractivity (Wildman–Crippen MR) is 77.0 cm³/mol. The number of hydrogen-bond acceptors (Lipinski definition) is 2. The Hall–Kier alpha value is -1.58. The van der Waals surface area contributed by atoms with E-state index in [0.717, 1.165) is 12.8 Å². The number of para-hydroxylation sites is 1. The molecule has 106 valence electrons. The van der Waals surface area contributed by atoms with Gasteiger partial charge in [0.25, 0.3) is 5.91 Å². The molecule has 1 rings (SSSR count). The van der Waals surface area contributed by atoms with Gasteiger partial charge in [0.15, 0.2) is 0 Å². The van der Waals surface area contributed by atoms with Gasteiger partial charge in [-0.25, -0.2) is 4.39 Å². The monoisotopic (exact) mass is 266 g/mol. The lowest BCUT2D eigenvalue weighted by Crippen LogP contribution is -2.43. The van der Waals surface area contributed by atoms with Crippen LogP contribution in [0, 0.1) is 5.82 Å². The van der Waals surface area contributed by atoms with Gasteiger partial charge in [-0.1, -0.05) is 19.4 Å². The summed E-state index contributed by atoms with van der Waals surface area (Å²) in [5, 5.41) is 5.86. The molecule has 0 spiro atoms. The maximum Gasteiger partial charge on any atom is 0.253 e. The summed E-state index contributed by atoms with van der Waals surface area (Å²) in [5.74, 6) is -0.642. The van der Waals surface area contributed by atoms with E-state index < -0.39 is 5.82 Å². The number of hydrogen-bond donors (Lipinski definition) is 2. The Morgan fingerprint density at radius 1 is 1.32 bits per heavy atom. The number of carbonyl (C=O) groups excluding carboxylic acids is 1. The van der Waals surface area contributed by atoms with E-state index in [0.29, 0.717) is 12.1 Å². The van der Waals surface area contributed by atoms with E-state index in [1.807, 2.05) is 20.8 Å². The normalized spacial score (nSPS) is 11.2. The third kappa shape index (κ3) is 4.23. The van der Waals surface area contributed by atoms with Crippen LogP contribution in [-0.2, 0) is 0 Å². The van der Waals surface area contributed by atoms with Crippen LogP contribution in [0.1, 0.15) is 50.9 Å². The lowest BCUT2D eigenvalue weighted by atomic mass is 9.98. The van der Waals surface area contributed by atoms with Crippen molar-refractivity contribution in [2.24, 2.45) is 0 Å². The maximum absolute atomic E-state index is 13.7. The first-order valence-corrected chi connectivity index (χ1v) is 6.76. The topological polar surface area (TPSA) is 41.1 Å². The summed E-state index contributed by atoms with van der Waals surface area (Å²) in [6.45, 7) is 8.45. The van der Waals surface area contributed by atoms with Gasteiger partial charge in [-0.3, -0.25) is 4.79 Å². The maximum atomic E-state index is 13.7. The smallest absolute Gasteiger partial charge is 0.253 e. The fourth-order valence-electron chi connectivity index (χ4n) is 2.13. The number of amides is 1. The third-order valence-corrected chi connectivity index (χ3v) is 2.94. The zero-order valence-electron chi connectivity index (χ0n) is 12.1. The van der Waals surface area contributed by atoms with E-state index in [9.17, 15) is 9.18 Å². The average molecular weight is 266 g/mol. The van der Waals surface area contributed by atoms with Crippen molar-refractivity contribution in [1.29, 1.82) is 0 Å². The SMILES string of the molecule is CCCC(C)(C)NC(=O)c1cccc(F)c1NCC. The molecule has 0 atom stereocenters. The van der Waals surface area contributed by atoms with Crippen LogP contribution in [0.4, 0.5) is 10.1 Å². The van der Waals surface area contributed by atoms with Crippen LogP contribution in [0.3, 0.4) is 0 Å². The summed E-state index contributed by atoms with van der Waals surface area (Å²) in [6, 6.07) is 4.54. The van der Waals surface area contributed by atoms with Gasteiger partial charge in [-0.2, -0.15) is 0 Å². The fraction of sp³-hybridized carbons (Fsp3) is 0.533. The summed E-state index contributed by atoms with van der Waals surface area (Å²) in [4.78, 5) is 12.3. The Morgan fingerprint density at radius 3 is 2.58 bits per heavy atom. The van der Waals surface area contributed by atoms with Gasteiger partial charge in [0.05, 0.1) is 11.3 Å². The molecule has 0 saturated carbocycles. The Kier molecular flexibility index (Phi) is 5.33. The van der Waals surface area contributed by atoms with Crippen LogP contribution >= 0.6 is 0 Å². The Labute approximate surface area is 114 Å². The highest BCUT2D eigenvalue weighted by Crippen LogP contribution is 2.21. The molecule has 1 amide bonds. The minimum Gasteiger partial charge on any atom is -0.382 e. The molecule has 19 heavy (non-hydrogen) atoms. The van der Waals surface area contributed by atoms with E-state index in [-0.39, 0.29) is 17.1 Å². The second-order valence-electron chi connectivity index (χ2n) is 5.28. The first kappa shape index (κ1) is 15.5. The lowest BCUT2D eigenvalue weighted by Gasteiger charge is -2.26. The lowest BCUT2D eigenvalue weighted by molar-refractivity contribution is 0.0909. The fourth-order valence-corrected chi connectivity index (χ4v) is 2.13. The van der Waals surface area contributed by atoms with Crippen LogP contribution in [0.25, 0.3) is 0 Å². The molecule has 0 aliphatic carbocycles. The molecule has 0 heterocycles. The quantitative estimate of drug-likeness (QED) is 0.826. The minimum absolute atomic E-state index is 0.242. The largest absolute Gasteiger partial charge is 0.382 e. The average Bonchev–Trinajstić information content (AvgIpc) is 2.31. The van der Waals surface area contributed by atoms with Crippen LogP contribution in [-0.4, -0.2) is 18.0 Å². The first-order valence-electron chi connectivity index (χ1n) is 6.76. The van der Waals surface area contributed by atoms with Crippen LogP contribution < -0.4 is 10.6 Å². The molecule has 0 aliphatic rings. The van der Waals surface area contributed by atoms with Crippen molar-refractivity contribution in [1.82, 2.24) is 5.32 Å². The summed E-state index contributed by atoms with van der Waals surface area (Å²) >= 11 is 0. The van der Waals surface area contributed by atoms with E-state index in [4.69, 9.17) is 0 Å². The Balaban J connectivity index is 2.96. The van der Waals surface area contributed by atoms with Crippen molar-refractivity contribution < 1.29 is 9.18 Å². The predicted octanol–water partition coefficient (Wildman–Crippen LogP) is 3.57. The summed E-state index contributed by atoms with van der Waals surface area (Å²) in [5.41, 5.74) is 0.336. The van der Waals surface area contributed by atoms with Gasteiger partial charge in [-0.15, -0.1) is 0 Å². The first-order chi connectivity index (χ1) is 8.91. The minimum atomic E-state index is -0.400. The van der Waals surface area contributed by atoms with E-state index in [1.54, 1.807) is 12.1 Å². The van der Waals surface area contributed by atoms with E-state index in [2.05, 4.69) is 17.6 Å². The van der Waals surface area contributed by atoms with Crippen molar-refractivity contribution >= 4 is 11.6 Å².